The number of rotatable bonds is 3. The number of hydrogen-bond donors (Lipinski definition) is 2. The highest BCUT2D eigenvalue weighted by Crippen LogP contribution is 2.32. The van der Waals surface area contributed by atoms with Crippen LogP contribution in [0.15, 0.2) is 0 Å². The van der Waals surface area contributed by atoms with Crippen molar-refractivity contribution in [1.82, 2.24) is 24.5 Å². The highest BCUT2D eigenvalue weighted by molar-refractivity contribution is 5.36. The zero-order valence-electron chi connectivity index (χ0n) is 12.2. The van der Waals surface area contributed by atoms with Crippen LogP contribution in [0, 0.1) is 13.8 Å². The Hall–Kier alpha value is -1.89. The minimum atomic E-state index is 0.207. The number of aromatic nitrogens is 5. The van der Waals surface area contributed by atoms with Crippen molar-refractivity contribution in [3.05, 3.63) is 22.8 Å². The predicted octanol–water partition coefficient (Wildman–Crippen LogP) is 0.535. The molecule has 7 nitrogen and oxygen atoms in total. The van der Waals surface area contributed by atoms with Gasteiger partial charge in [-0.1, -0.05) is 0 Å². The standard InChI is InChI=1S/C13H21N7/c1-8-12(9(2)19(3)17-8)10-5-7-15-13-16-11(4-6-14)18-20(10)13/h10H,4-7,14H2,1-3H3,(H,15,16,18). The fraction of sp³-hybridized carbons (Fsp3) is 0.615. The number of fused-ring (bicyclic) bond motifs is 1. The normalized spacial score (nSPS) is 17.9. The molecule has 3 heterocycles. The second-order valence-electron chi connectivity index (χ2n) is 5.27. The maximum Gasteiger partial charge on any atom is 0.221 e. The van der Waals surface area contributed by atoms with Crippen LogP contribution in [0.25, 0.3) is 0 Å². The Morgan fingerprint density at radius 2 is 2.15 bits per heavy atom. The Balaban J connectivity index is 2.05. The molecule has 1 unspecified atom stereocenters. The smallest absolute Gasteiger partial charge is 0.221 e. The van der Waals surface area contributed by atoms with E-state index in [0.29, 0.717) is 13.0 Å². The van der Waals surface area contributed by atoms with Gasteiger partial charge in [-0.05, 0) is 26.8 Å². The highest BCUT2D eigenvalue weighted by Gasteiger charge is 2.28. The summed E-state index contributed by atoms with van der Waals surface area (Å²) in [4.78, 5) is 4.52. The average molecular weight is 275 g/mol. The lowest BCUT2D eigenvalue weighted by molar-refractivity contribution is 0.473. The predicted molar refractivity (Wildman–Crippen MR) is 76.7 cm³/mol. The van der Waals surface area contributed by atoms with Gasteiger partial charge in [0.25, 0.3) is 0 Å². The fourth-order valence-corrected chi connectivity index (χ4v) is 2.92. The third kappa shape index (κ3) is 1.98. The van der Waals surface area contributed by atoms with Crippen LogP contribution in [0.5, 0.6) is 0 Å². The van der Waals surface area contributed by atoms with E-state index in [2.05, 4.69) is 34.3 Å². The molecule has 1 aliphatic heterocycles. The molecular formula is C13H21N7. The van der Waals surface area contributed by atoms with E-state index in [1.54, 1.807) is 0 Å². The summed E-state index contributed by atoms with van der Waals surface area (Å²) in [6.45, 7) is 5.63. The summed E-state index contributed by atoms with van der Waals surface area (Å²) < 4.78 is 3.93. The molecule has 3 N–H and O–H groups in total. The average Bonchev–Trinajstić information content (AvgIpc) is 2.92. The summed E-state index contributed by atoms with van der Waals surface area (Å²) in [5.41, 5.74) is 9.12. The molecule has 0 aliphatic carbocycles. The molecule has 3 rings (SSSR count). The zero-order chi connectivity index (χ0) is 14.3. The van der Waals surface area contributed by atoms with Crippen LogP contribution in [0.4, 0.5) is 5.95 Å². The summed E-state index contributed by atoms with van der Waals surface area (Å²) >= 11 is 0. The van der Waals surface area contributed by atoms with Crippen molar-refractivity contribution < 1.29 is 0 Å². The number of nitrogens with two attached hydrogens (primary N) is 1. The lowest BCUT2D eigenvalue weighted by atomic mass is 10.0. The first-order valence-corrected chi connectivity index (χ1v) is 7.01. The monoisotopic (exact) mass is 275 g/mol. The molecule has 0 saturated heterocycles. The number of nitrogens with zero attached hydrogens (tertiary/aromatic N) is 5. The quantitative estimate of drug-likeness (QED) is 0.853. The molecule has 0 bridgehead atoms. The molecule has 0 saturated carbocycles. The van der Waals surface area contributed by atoms with Crippen molar-refractivity contribution in [3.8, 4) is 0 Å². The van der Waals surface area contributed by atoms with E-state index < -0.39 is 0 Å². The molecule has 2 aromatic heterocycles. The van der Waals surface area contributed by atoms with Gasteiger partial charge in [-0.2, -0.15) is 15.2 Å². The van der Waals surface area contributed by atoms with E-state index >= 15 is 0 Å². The summed E-state index contributed by atoms with van der Waals surface area (Å²) in [6, 6.07) is 0.207. The zero-order valence-corrected chi connectivity index (χ0v) is 12.2. The summed E-state index contributed by atoms with van der Waals surface area (Å²) in [5, 5.41) is 12.4. The maximum atomic E-state index is 5.59. The molecular weight excluding hydrogens is 254 g/mol. The first-order valence-electron chi connectivity index (χ1n) is 7.01. The van der Waals surface area contributed by atoms with Crippen LogP contribution in [-0.2, 0) is 13.5 Å². The van der Waals surface area contributed by atoms with E-state index in [0.717, 1.165) is 30.4 Å². The number of anilines is 1. The molecule has 0 aromatic carbocycles. The Labute approximate surface area is 118 Å². The van der Waals surface area contributed by atoms with E-state index in [4.69, 9.17) is 5.73 Å². The molecule has 2 aromatic rings. The summed E-state index contributed by atoms with van der Waals surface area (Å²) in [7, 11) is 1.98. The van der Waals surface area contributed by atoms with Crippen LogP contribution >= 0.6 is 0 Å². The van der Waals surface area contributed by atoms with Crippen LogP contribution in [0.2, 0.25) is 0 Å². The van der Waals surface area contributed by atoms with Gasteiger partial charge in [0.05, 0.1) is 11.7 Å². The minimum absolute atomic E-state index is 0.207. The number of nitrogens with one attached hydrogen (secondary N) is 1. The van der Waals surface area contributed by atoms with E-state index in [1.165, 1.54) is 11.3 Å². The van der Waals surface area contributed by atoms with Gasteiger partial charge in [-0.15, -0.1) is 0 Å². The fourth-order valence-electron chi connectivity index (χ4n) is 2.92. The van der Waals surface area contributed by atoms with Gasteiger partial charge in [-0.3, -0.25) is 4.68 Å². The van der Waals surface area contributed by atoms with Crippen LogP contribution in [0.3, 0.4) is 0 Å². The van der Waals surface area contributed by atoms with Gasteiger partial charge in [0, 0.05) is 31.3 Å². The molecule has 0 fully saturated rings. The lowest BCUT2D eigenvalue weighted by Crippen LogP contribution is -2.25. The molecule has 108 valence electrons. The summed E-state index contributed by atoms with van der Waals surface area (Å²) in [5.74, 6) is 1.65. The Morgan fingerprint density at radius 1 is 1.35 bits per heavy atom. The van der Waals surface area contributed by atoms with Crippen molar-refractivity contribution in [1.29, 1.82) is 0 Å². The van der Waals surface area contributed by atoms with Crippen molar-refractivity contribution in [2.24, 2.45) is 12.8 Å². The third-order valence-corrected chi connectivity index (χ3v) is 3.94. The lowest BCUT2D eigenvalue weighted by Gasteiger charge is -2.24. The van der Waals surface area contributed by atoms with Gasteiger partial charge in [0.15, 0.2) is 5.82 Å². The summed E-state index contributed by atoms with van der Waals surface area (Å²) in [6.07, 6.45) is 1.70. The topological polar surface area (TPSA) is 86.6 Å². The van der Waals surface area contributed by atoms with Gasteiger partial charge in [0.2, 0.25) is 5.95 Å². The van der Waals surface area contributed by atoms with Gasteiger partial charge in [-0.25, -0.2) is 4.68 Å². The molecule has 1 atom stereocenters. The van der Waals surface area contributed by atoms with Crippen molar-refractivity contribution >= 4 is 5.95 Å². The van der Waals surface area contributed by atoms with Crippen LogP contribution in [0.1, 0.15) is 35.2 Å². The molecule has 0 amide bonds. The van der Waals surface area contributed by atoms with E-state index in [1.807, 2.05) is 16.4 Å². The SMILES string of the molecule is Cc1nn(C)c(C)c1C1CCNc2nc(CCN)nn21. The number of hydrogen-bond acceptors (Lipinski definition) is 5. The Bertz CT molecular complexity index is 625. The molecule has 1 aliphatic rings. The van der Waals surface area contributed by atoms with Crippen molar-refractivity contribution in [2.75, 3.05) is 18.4 Å². The van der Waals surface area contributed by atoms with Crippen LogP contribution in [-0.4, -0.2) is 37.6 Å². The second kappa shape index (κ2) is 4.90. The maximum absolute atomic E-state index is 5.59. The third-order valence-electron chi connectivity index (χ3n) is 3.94. The van der Waals surface area contributed by atoms with Crippen LogP contribution < -0.4 is 11.1 Å². The van der Waals surface area contributed by atoms with Gasteiger partial charge >= 0.3 is 0 Å². The molecule has 0 spiro atoms. The Kier molecular flexibility index (Phi) is 3.21. The second-order valence-corrected chi connectivity index (χ2v) is 5.27. The minimum Gasteiger partial charge on any atom is -0.354 e. The molecule has 20 heavy (non-hydrogen) atoms. The van der Waals surface area contributed by atoms with E-state index in [-0.39, 0.29) is 6.04 Å². The largest absolute Gasteiger partial charge is 0.354 e. The Morgan fingerprint density at radius 3 is 2.80 bits per heavy atom. The van der Waals surface area contributed by atoms with E-state index in [9.17, 15) is 0 Å². The first kappa shape index (κ1) is 13.1. The van der Waals surface area contributed by atoms with Crippen molar-refractivity contribution in [2.45, 2.75) is 32.7 Å². The molecule has 7 heteroatoms. The number of aryl methyl sites for hydroxylation is 2. The first-order chi connectivity index (χ1) is 9.61. The van der Waals surface area contributed by atoms with Gasteiger partial charge in [0.1, 0.15) is 0 Å². The molecule has 0 radical (unpaired) electrons. The highest BCUT2D eigenvalue weighted by atomic mass is 15.4. The van der Waals surface area contributed by atoms with Crippen molar-refractivity contribution in [3.63, 3.8) is 0 Å². The van der Waals surface area contributed by atoms with Gasteiger partial charge < -0.3 is 11.1 Å².